The minimum absolute atomic E-state index is 0.128. The first-order valence-corrected chi connectivity index (χ1v) is 12.4. The average Bonchev–Trinajstić information content (AvgIpc) is 3.17. The highest BCUT2D eigenvalue weighted by Gasteiger charge is 2.17. The van der Waals surface area contributed by atoms with Crippen LogP contribution in [0.5, 0.6) is 0 Å². The zero-order chi connectivity index (χ0) is 22.9. The molecule has 0 aliphatic carbocycles. The van der Waals surface area contributed by atoms with Gasteiger partial charge in [-0.05, 0) is 30.0 Å². The van der Waals surface area contributed by atoms with Gasteiger partial charge in [-0.3, -0.25) is 15.0 Å². The molecule has 0 atom stereocenters. The van der Waals surface area contributed by atoms with E-state index in [0.29, 0.717) is 15.2 Å². The van der Waals surface area contributed by atoms with E-state index in [4.69, 9.17) is 11.6 Å². The predicted octanol–water partition coefficient (Wildman–Crippen LogP) is 6.10. The average molecular weight is 492 g/mol. The summed E-state index contributed by atoms with van der Waals surface area (Å²) in [6, 6.07) is 21.3. The third-order valence-electron chi connectivity index (χ3n) is 5.27. The number of carbonyl (C=O) groups is 1. The predicted molar refractivity (Wildman–Crippen MR) is 138 cm³/mol. The van der Waals surface area contributed by atoms with Crippen molar-refractivity contribution in [2.24, 2.45) is 0 Å². The Morgan fingerprint density at radius 3 is 2.61 bits per heavy atom. The topological polar surface area (TPSA) is 64.0 Å². The van der Waals surface area contributed by atoms with E-state index < -0.39 is 0 Å². The van der Waals surface area contributed by atoms with Gasteiger partial charge in [0.1, 0.15) is 11.2 Å². The van der Waals surface area contributed by atoms with Crippen molar-refractivity contribution in [1.29, 1.82) is 0 Å². The minimum Gasteiger partial charge on any atom is -0.272 e. The summed E-state index contributed by atoms with van der Waals surface area (Å²) in [6.45, 7) is 1.98. The molecule has 2 aromatic heterocycles. The summed E-state index contributed by atoms with van der Waals surface area (Å²) >= 11 is 9.23. The van der Waals surface area contributed by atoms with E-state index in [1.807, 2.05) is 73.7 Å². The number of fused-ring (bicyclic) bond motifs is 2. The Kier molecular flexibility index (Phi) is 5.93. The summed E-state index contributed by atoms with van der Waals surface area (Å²) in [5, 5.41) is 3.09. The Bertz CT molecular complexity index is 1560. The van der Waals surface area contributed by atoms with Crippen LogP contribution in [0, 0.1) is 6.92 Å². The summed E-state index contributed by atoms with van der Waals surface area (Å²) in [6.07, 6.45) is 1.37. The van der Waals surface area contributed by atoms with Crippen LogP contribution in [0.25, 0.3) is 32.1 Å². The number of hydrogen-bond acceptors (Lipinski definition) is 5. The number of nitrogens with one attached hydrogen (secondary N) is 1. The molecular weight excluding hydrogens is 474 g/mol. The number of aryl methyl sites for hydroxylation is 1. The molecule has 1 amide bonds. The monoisotopic (exact) mass is 491 g/mol. The van der Waals surface area contributed by atoms with Gasteiger partial charge in [-0.25, -0.2) is 9.66 Å². The van der Waals surface area contributed by atoms with Gasteiger partial charge >= 0.3 is 0 Å². The SMILES string of the molecule is Cc1sc2ncn(NC(=O)CSc3cccc4cccc(Cl)c34)c(=O)c2c1-c1ccccc1. The van der Waals surface area contributed by atoms with E-state index in [1.54, 1.807) is 0 Å². The van der Waals surface area contributed by atoms with Crippen LogP contribution in [0.3, 0.4) is 0 Å². The van der Waals surface area contributed by atoms with Gasteiger partial charge < -0.3 is 0 Å². The lowest BCUT2D eigenvalue weighted by Crippen LogP contribution is -2.34. The standard InChI is InChI=1S/C25H18ClN3O2S2/c1-15-21(16-7-3-2-4-8-16)23-24(33-15)27-14-29(25(23)31)28-20(30)13-32-19-12-6-10-17-9-5-11-18(26)22(17)19/h2-12,14H,13H2,1H3,(H,28,30). The lowest BCUT2D eigenvalue weighted by Gasteiger charge is -2.10. The van der Waals surface area contributed by atoms with Crippen LogP contribution in [-0.4, -0.2) is 21.3 Å². The number of nitrogens with zero attached hydrogens (tertiary/aromatic N) is 2. The number of amides is 1. The summed E-state index contributed by atoms with van der Waals surface area (Å²) in [4.78, 5) is 32.9. The molecule has 3 aromatic carbocycles. The van der Waals surface area contributed by atoms with E-state index in [1.165, 1.54) is 34.1 Å². The van der Waals surface area contributed by atoms with E-state index >= 15 is 0 Å². The molecule has 2 heterocycles. The molecular formula is C25H18ClN3O2S2. The number of aromatic nitrogens is 2. The summed E-state index contributed by atoms with van der Waals surface area (Å²) in [7, 11) is 0. The van der Waals surface area contributed by atoms with Gasteiger partial charge in [0.05, 0.1) is 11.1 Å². The van der Waals surface area contributed by atoms with E-state index in [0.717, 1.165) is 31.7 Å². The largest absolute Gasteiger partial charge is 0.281 e. The molecule has 8 heteroatoms. The Hall–Kier alpha value is -3.13. The zero-order valence-corrected chi connectivity index (χ0v) is 19.9. The Balaban J connectivity index is 1.42. The van der Waals surface area contributed by atoms with Crippen molar-refractivity contribution in [2.45, 2.75) is 11.8 Å². The maximum absolute atomic E-state index is 13.3. The van der Waals surface area contributed by atoms with Crippen molar-refractivity contribution in [3.8, 4) is 11.1 Å². The molecule has 0 spiro atoms. The van der Waals surface area contributed by atoms with Crippen LogP contribution in [0.4, 0.5) is 0 Å². The lowest BCUT2D eigenvalue weighted by atomic mass is 10.0. The van der Waals surface area contributed by atoms with Crippen LogP contribution in [0.2, 0.25) is 5.02 Å². The quantitative estimate of drug-likeness (QED) is 0.301. The number of benzene rings is 3. The van der Waals surface area contributed by atoms with Crippen molar-refractivity contribution in [3.05, 3.63) is 93.3 Å². The van der Waals surface area contributed by atoms with Gasteiger partial charge in [0, 0.05) is 25.7 Å². The van der Waals surface area contributed by atoms with E-state index in [2.05, 4.69) is 10.4 Å². The summed E-state index contributed by atoms with van der Waals surface area (Å²) in [5.41, 5.74) is 4.19. The van der Waals surface area contributed by atoms with Crippen LogP contribution in [0.15, 0.2) is 82.7 Å². The van der Waals surface area contributed by atoms with Gasteiger partial charge in [-0.1, -0.05) is 66.2 Å². The molecule has 0 saturated carbocycles. The second-order valence-electron chi connectivity index (χ2n) is 7.42. The van der Waals surface area contributed by atoms with Gasteiger partial charge in [0.25, 0.3) is 5.56 Å². The normalized spacial score (nSPS) is 11.2. The molecule has 0 radical (unpaired) electrons. The van der Waals surface area contributed by atoms with Gasteiger partial charge in [0.15, 0.2) is 0 Å². The molecule has 164 valence electrons. The first-order chi connectivity index (χ1) is 16.0. The first-order valence-electron chi connectivity index (χ1n) is 10.2. The molecule has 0 saturated heterocycles. The number of carbonyl (C=O) groups excluding carboxylic acids is 1. The fraction of sp³-hybridized carbons (Fsp3) is 0.0800. The van der Waals surface area contributed by atoms with Crippen LogP contribution in [0.1, 0.15) is 4.88 Å². The van der Waals surface area contributed by atoms with Crippen molar-refractivity contribution in [2.75, 3.05) is 11.2 Å². The Labute approximate surface area is 203 Å². The molecule has 0 unspecified atom stereocenters. The molecule has 5 rings (SSSR count). The Morgan fingerprint density at radius 2 is 1.82 bits per heavy atom. The fourth-order valence-electron chi connectivity index (χ4n) is 3.83. The van der Waals surface area contributed by atoms with Crippen molar-refractivity contribution in [3.63, 3.8) is 0 Å². The summed E-state index contributed by atoms with van der Waals surface area (Å²) < 4.78 is 1.17. The number of hydrogen-bond donors (Lipinski definition) is 1. The number of halogens is 1. The number of thioether (sulfide) groups is 1. The highest BCUT2D eigenvalue weighted by Crippen LogP contribution is 2.35. The fourth-order valence-corrected chi connectivity index (χ4v) is 6.07. The molecule has 33 heavy (non-hydrogen) atoms. The third kappa shape index (κ3) is 4.15. The maximum atomic E-state index is 13.3. The molecule has 0 aliphatic heterocycles. The van der Waals surface area contributed by atoms with Crippen LogP contribution >= 0.6 is 34.7 Å². The van der Waals surface area contributed by atoms with Crippen molar-refractivity contribution < 1.29 is 4.79 Å². The van der Waals surface area contributed by atoms with Gasteiger partial charge in [-0.2, -0.15) is 0 Å². The summed E-state index contributed by atoms with van der Waals surface area (Å²) in [5.74, 6) is -0.177. The highest BCUT2D eigenvalue weighted by atomic mass is 35.5. The number of thiophene rings is 1. The van der Waals surface area contributed by atoms with E-state index in [9.17, 15) is 9.59 Å². The smallest absolute Gasteiger partial charge is 0.272 e. The highest BCUT2D eigenvalue weighted by molar-refractivity contribution is 8.00. The Morgan fingerprint density at radius 1 is 1.06 bits per heavy atom. The van der Waals surface area contributed by atoms with Crippen LogP contribution in [-0.2, 0) is 4.79 Å². The first kappa shape index (κ1) is 21.7. The number of rotatable bonds is 5. The molecule has 0 bridgehead atoms. The van der Waals surface area contributed by atoms with Gasteiger partial charge in [0.2, 0.25) is 5.91 Å². The molecule has 0 aliphatic rings. The molecule has 1 N–H and O–H groups in total. The molecule has 0 fully saturated rings. The molecule has 5 aromatic rings. The lowest BCUT2D eigenvalue weighted by molar-refractivity contribution is -0.114. The second-order valence-corrected chi connectivity index (χ2v) is 10.0. The second kappa shape index (κ2) is 9.02. The van der Waals surface area contributed by atoms with Crippen LogP contribution < -0.4 is 11.0 Å². The van der Waals surface area contributed by atoms with Gasteiger partial charge in [-0.15, -0.1) is 23.1 Å². The van der Waals surface area contributed by atoms with Crippen molar-refractivity contribution >= 4 is 61.6 Å². The van der Waals surface area contributed by atoms with Crippen molar-refractivity contribution in [1.82, 2.24) is 9.66 Å². The minimum atomic E-state index is -0.305. The molecule has 5 nitrogen and oxygen atoms in total. The zero-order valence-electron chi connectivity index (χ0n) is 17.5. The van der Waals surface area contributed by atoms with E-state index in [-0.39, 0.29) is 17.2 Å². The third-order valence-corrected chi connectivity index (χ3v) is 7.66. The maximum Gasteiger partial charge on any atom is 0.281 e.